The van der Waals surface area contributed by atoms with Crippen molar-refractivity contribution in [2.24, 2.45) is 0 Å². The number of rotatable bonds is 4. The number of hydrogen-bond donors (Lipinski definition) is 2. The van der Waals surface area contributed by atoms with Crippen LogP contribution in [-0.4, -0.2) is 35.1 Å². The summed E-state index contributed by atoms with van der Waals surface area (Å²) in [4.78, 5) is 15.5. The monoisotopic (exact) mass is 348 g/mol. The Hall–Kier alpha value is -1.89. The molecule has 0 radical (unpaired) electrons. The second kappa shape index (κ2) is 6.26. The summed E-state index contributed by atoms with van der Waals surface area (Å²) in [5.41, 5.74) is 0.929. The molecular weight excluding hydrogens is 332 g/mol. The molecule has 6 nitrogen and oxygen atoms in total. The van der Waals surface area contributed by atoms with Crippen molar-refractivity contribution in [3.05, 3.63) is 28.7 Å². The largest absolute Gasteiger partial charge is 0.357 e. The predicted octanol–water partition coefficient (Wildman–Crippen LogP) is 3.02. The second-order valence-electron chi connectivity index (χ2n) is 4.83. The molecule has 1 aromatic heterocycles. The molecule has 2 aromatic rings. The highest BCUT2D eigenvalue weighted by atomic mass is 79.9. The van der Waals surface area contributed by atoms with Crippen LogP contribution in [0, 0.1) is 0 Å². The Morgan fingerprint density at radius 3 is 2.48 bits per heavy atom. The van der Waals surface area contributed by atoms with E-state index < -0.39 is 0 Å². The quantitative estimate of drug-likeness (QED) is 0.885. The van der Waals surface area contributed by atoms with E-state index in [4.69, 9.17) is 0 Å². The summed E-state index contributed by atoms with van der Waals surface area (Å²) in [5, 5.41) is 6.23. The Labute approximate surface area is 132 Å². The van der Waals surface area contributed by atoms with E-state index >= 15 is 0 Å². The summed E-state index contributed by atoms with van der Waals surface area (Å²) >= 11 is 3.51. The topological polar surface area (TPSA) is 66.0 Å². The zero-order valence-corrected chi connectivity index (χ0v) is 13.4. The SMILES string of the molecule is CNc1nc(Nc2ccccc2Br)nc(N2CCCC2)n1. The van der Waals surface area contributed by atoms with Gasteiger partial charge >= 0.3 is 0 Å². The van der Waals surface area contributed by atoms with Crippen LogP contribution in [0.5, 0.6) is 0 Å². The Balaban J connectivity index is 1.90. The van der Waals surface area contributed by atoms with Gasteiger partial charge in [-0.05, 0) is 40.9 Å². The lowest BCUT2D eigenvalue weighted by atomic mass is 10.3. The number of nitrogens with zero attached hydrogens (tertiary/aromatic N) is 4. The second-order valence-corrected chi connectivity index (χ2v) is 5.69. The van der Waals surface area contributed by atoms with Gasteiger partial charge in [0, 0.05) is 24.6 Å². The van der Waals surface area contributed by atoms with Gasteiger partial charge in [0.1, 0.15) is 0 Å². The number of anilines is 4. The first-order valence-electron chi connectivity index (χ1n) is 6.96. The van der Waals surface area contributed by atoms with Crippen LogP contribution >= 0.6 is 15.9 Å². The molecule has 21 heavy (non-hydrogen) atoms. The Morgan fingerprint density at radius 1 is 1.05 bits per heavy atom. The van der Waals surface area contributed by atoms with E-state index in [-0.39, 0.29) is 0 Å². The van der Waals surface area contributed by atoms with Crippen molar-refractivity contribution in [3.8, 4) is 0 Å². The molecule has 2 N–H and O–H groups in total. The van der Waals surface area contributed by atoms with Gasteiger partial charge in [0.15, 0.2) is 0 Å². The molecule has 1 aromatic carbocycles. The van der Waals surface area contributed by atoms with Crippen molar-refractivity contribution in [2.75, 3.05) is 35.7 Å². The van der Waals surface area contributed by atoms with E-state index in [2.05, 4.69) is 46.4 Å². The van der Waals surface area contributed by atoms with Crippen LogP contribution in [0.4, 0.5) is 23.5 Å². The third-order valence-corrected chi connectivity index (χ3v) is 4.05. The lowest BCUT2D eigenvalue weighted by molar-refractivity contribution is 0.885. The first-order valence-corrected chi connectivity index (χ1v) is 7.76. The fourth-order valence-corrected chi connectivity index (χ4v) is 2.66. The van der Waals surface area contributed by atoms with Crippen LogP contribution in [0.1, 0.15) is 12.8 Å². The molecule has 1 saturated heterocycles. The molecule has 0 spiro atoms. The van der Waals surface area contributed by atoms with Crippen molar-refractivity contribution in [2.45, 2.75) is 12.8 Å². The van der Waals surface area contributed by atoms with Gasteiger partial charge in [-0.3, -0.25) is 0 Å². The Morgan fingerprint density at radius 2 is 1.76 bits per heavy atom. The maximum atomic E-state index is 4.53. The Kier molecular flexibility index (Phi) is 4.19. The van der Waals surface area contributed by atoms with E-state index in [0.717, 1.165) is 29.2 Å². The van der Waals surface area contributed by atoms with Gasteiger partial charge in [-0.2, -0.15) is 15.0 Å². The minimum absolute atomic E-state index is 0.545. The van der Waals surface area contributed by atoms with Gasteiger partial charge in [0.2, 0.25) is 17.8 Å². The van der Waals surface area contributed by atoms with E-state index in [1.807, 2.05) is 31.3 Å². The normalized spacial score (nSPS) is 14.3. The first kappa shape index (κ1) is 14.1. The minimum atomic E-state index is 0.545. The van der Waals surface area contributed by atoms with Gasteiger partial charge in [-0.25, -0.2) is 0 Å². The van der Waals surface area contributed by atoms with E-state index in [0.29, 0.717) is 11.9 Å². The number of para-hydroxylation sites is 1. The fraction of sp³-hybridized carbons (Fsp3) is 0.357. The maximum absolute atomic E-state index is 4.53. The third kappa shape index (κ3) is 3.24. The molecule has 1 fully saturated rings. The van der Waals surface area contributed by atoms with Crippen molar-refractivity contribution in [1.82, 2.24) is 15.0 Å². The van der Waals surface area contributed by atoms with Crippen LogP contribution < -0.4 is 15.5 Å². The molecule has 0 aliphatic carbocycles. The third-order valence-electron chi connectivity index (χ3n) is 3.36. The molecule has 7 heteroatoms. The summed E-state index contributed by atoms with van der Waals surface area (Å²) in [6.07, 6.45) is 2.38. The fourth-order valence-electron chi connectivity index (χ4n) is 2.27. The zero-order chi connectivity index (χ0) is 14.7. The van der Waals surface area contributed by atoms with Gasteiger partial charge < -0.3 is 15.5 Å². The van der Waals surface area contributed by atoms with Gasteiger partial charge in [0.25, 0.3) is 0 Å². The van der Waals surface area contributed by atoms with Gasteiger partial charge in [-0.1, -0.05) is 12.1 Å². The van der Waals surface area contributed by atoms with Crippen LogP contribution in [0.15, 0.2) is 28.7 Å². The highest BCUT2D eigenvalue weighted by molar-refractivity contribution is 9.10. The van der Waals surface area contributed by atoms with Crippen molar-refractivity contribution >= 4 is 39.5 Å². The van der Waals surface area contributed by atoms with Crippen LogP contribution in [-0.2, 0) is 0 Å². The standard InChI is InChI=1S/C14H17BrN6/c1-16-12-18-13(17-11-7-3-2-6-10(11)15)20-14(19-12)21-8-4-5-9-21/h2-3,6-7H,4-5,8-9H2,1H3,(H2,16,17,18,19,20). The zero-order valence-electron chi connectivity index (χ0n) is 11.8. The summed E-state index contributed by atoms with van der Waals surface area (Å²) in [6.45, 7) is 2.00. The molecule has 110 valence electrons. The van der Waals surface area contributed by atoms with E-state index in [9.17, 15) is 0 Å². The average molecular weight is 349 g/mol. The number of nitrogens with one attached hydrogen (secondary N) is 2. The van der Waals surface area contributed by atoms with Gasteiger partial charge in [0.05, 0.1) is 5.69 Å². The van der Waals surface area contributed by atoms with E-state index in [1.54, 1.807) is 0 Å². The maximum Gasteiger partial charge on any atom is 0.233 e. The average Bonchev–Trinajstić information content (AvgIpc) is 3.04. The van der Waals surface area contributed by atoms with E-state index in [1.165, 1.54) is 12.8 Å². The summed E-state index contributed by atoms with van der Waals surface area (Å²) in [7, 11) is 1.81. The first-order chi connectivity index (χ1) is 10.3. The molecule has 2 heterocycles. The summed E-state index contributed by atoms with van der Waals surface area (Å²) in [6, 6.07) is 7.89. The van der Waals surface area contributed by atoms with Crippen molar-refractivity contribution in [1.29, 1.82) is 0 Å². The molecule has 0 atom stereocenters. The van der Waals surface area contributed by atoms with Crippen LogP contribution in [0.3, 0.4) is 0 Å². The smallest absolute Gasteiger partial charge is 0.233 e. The molecule has 0 bridgehead atoms. The Bertz CT molecular complexity index is 627. The summed E-state index contributed by atoms with van der Waals surface area (Å²) in [5.74, 6) is 1.84. The van der Waals surface area contributed by atoms with Crippen molar-refractivity contribution < 1.29 is 0 Å². The highest BCUT2D eigenvalue weighted by Crippen LogP contribution is 2.25. The lowest BCUT2D eigenvalue weighted by Gasteiger charge is -2.17. The van der Waals surface area contributed by atoms with Crippen LogP contribution in [0.2, 0.25) is 0 Å². The molecule has 0 saturated carbocycles. The number of benzene rings is 1. The molecule has 0 unspecified atom stereocenters. The highest BCUT2D eigenvalue weighted by Gasteiger charge is 2.17. The molecule has 0 amide bonds. The molecule has 1 aliphatic rings. The minimum Gasteiger partial charge on any atom is -0.357 e. The molecule has 1 aliphatic heterocycles. The lowest BCUT2D eigenvalue weighted by Crippen LogP contribution is -2.21. The van der Waals surface area contributed by atoms with Crippen molar-refractivity contribution in [3.63, 3.8) is 0 Å². The molecule has 3 rings (SSSR count). The number of halogens is 1. The molecular formula is C14H17BrN6. The summed E-state index contributed by atoms with van der Waals surface area (Å²) < 4.78 is 0.971. The number of hydrogen-bond acceptors (Lipinski definition) is 6. The van der Waals surface area contributed by atoms with Crippen LogP contribution in [0.25, 0.3) is 0 Å². The number of aromatic nitrogens is 3. The predicted molar refractivity (Wildman–Crippen MR) is 88.2 cm³/mol. The van der Waals surface area contributed by atoms with Gasteiger partial charge in [-0.15, -0.1) is 0 Å².